The Balaban J connectivity index is 1.56. The maximum atomic E-state index is 14.4. The quantitative estimate of drug-likeness (QED) is 0.127. The second-order valence-corrected chi connectivity index (χ2v) is 13.4. The first-order valence-electron chi connectivity index (χ1n) is 14.0. The number of carbonyl (C=O) groups is 1. The van der Waals surface area contributed by atoms with E-state index < -0.39 is 12.0 Å². The van der Waals surface area contributed by atoms with Crippen LogP contribution in [-0.2, 0) is 16.1 Å². The summed E-state index contributed by atoms with van der Waals surface area (Å²) in [6.45, 7) is 1.96. The Labute approximate surface area is 289 Å². The van der Waals surface area contributed by atoms with E-state index in [1.807, 2.05) is 72.8 Å². The van der Waals surface area contributed by atoms with Gasteiger partial charge in [-0.25, -0.2) is 14.2 Å². The van der Waals surface area contributed by atoms with Gasteiger partial charge in [0.05, 0.1) is 32.0 Å². The number of nitrogens with zero attached hydrogens (tertiary/aromatic N) is 2. The number of aromatic nitrogens is 1. The molecule has 0 spiro atoms. The average molecular weight is 842 g/mol. The van der Waals surface area contributed by atoms with Crippen molar-refractivity contribution in [2.24, 2.45) is 4.99 Å². The second kappa shape index (κ2) is 13.8. The van der Waals surface area contributed by atoms with E-state index in [9.17, 15) is 14.0 Å². The number of hydrogen-bond acceptors (Lipinski definition) is 6. The Morgan fingerprint density at radius 2 is 1.69 bits per heavy atom. The normalized spacial score (nSPS) is 14.6. The Morgan fingerprint density at radius 1 is 1.00 bits per heavy atom. The highest BCUT2D eigenvalue weighted by Gasteiger charge is 2.35. The van der Waals surface area contributed by atoms with Crippen LogP contribution in [0, 0.1) is 13.0 Å². The standard InChI is InChI=1S/C35H25FI2N2O4S/c1-2-43-34(42)29-30(21-11-5-3-6-12-21)39-35-40(31(29)22-13-7-4-8-14-22)33(41)28(45-35)18-24-17-25(37)19-27(38)32(24)44-20-23-15-9-10-16-26(23)36/h3-19,31H,2,20H2,1H3/b28-18-/t31-/m0/s1. The van der Waals surface area contributed by atoms with Crippen molar-refractivity contribution in [2.45, 2.75) is 19.6 Å². The largest absolute Gasteiger partial charge is 0.487 e. The molecule has 1 aliphatic heterocycles. The highest BCUT2D eigenvalue weighted by Crippen LogP contribution is 2.35. The molecule has 0 bridgehead atoms. The molecule has 6 rings (SSSR count). The molecule has 226 valence electrons. The maximum Gasteiger partial charge on any atom is 0.338 e. The summed E-state index contributed by atoms with van der Waals surface area (Å²) in [5.41, 5.74) is 3.08. The SMILES string of the molecule is CCOC(=O)C1=C(c2ccccc2)N=c2s/c(=C\c3cc(I)cc(I)c3OCc3ccccc3F)c(=O)n2[C@H]1c1ccccc1. The van der Waals surface area contributed by atoms with Crippen molar-refractivity contribution >= 4 is 74.3 Å². The lowest BCUT2D eigenvalue weighted by Crippen LogP contribution is -2.40. The van der Waals surface area contributed by atoms with Gasteiger partial charge in [-0.1, -0.05) is 90.2 Å². The third kappa shape index (κ3) is 6.54. The van der Waals surface area contributed by atoms with Crippen molar-refractivity contribution in [3.8, 4) is 5.75 Å². The summed E-state index contributed by atoms with van der Waals surface area (Å²) in [6.07, 6.45) is 1.78. The van der Waals surface area contributed by atoms with E-state index in [1.165, 1.54) is 17.4 Å². The number of rotatable bonds is 8. The fourth-order valence-electron chi connectivity index (χ4n) is 5.14. The molecule has 4 aromatic carbocycles. The van der Waals surface area contributed by atoms with E-state index in [-0.39, 0.29) is 24.6 Å². The molecule has 0 amide bonds. The van der Waals surface area contributed by atoms with Gasteiger partial charge < -0.3 is 9.47 Å². The van der Waals surface area contributed by atoms with Gasteiger partial charge in [0.25, 0.3) is 5.56 Å². The van der Waals surface area contributed by atoms with Crippen LogP contribution < -0.4 is 19.6 Å². The smallest absolute Gasteiger partial charge is 0.338 e. The average Bonchev–Trinajstić information content (AvgIpc) is 3.35. The molecule has 0 aliphatic carbocycles. The van der Waals surface area contributed by atoms with Crippen LogP contribution in [-0.4, -0.2) is 17.1 Å². The Kier molecular flexibility index (Phi) is 9.61. The number of benzene rings is 4. The number of halogens is 3. The predicted molar refractivity (Wildman–Crippen MR) is 190 cm³/mol. The van der Waals surface area contributed by atoms with Gasteiger partial charge in [0, 0.05) is 20.3 Å². The molecule has 0 saturated heterocycles. The van der Waals surface area contributed by atoms with Crippen LogP contribution in [0.25, 0.3) is 11.8 Å². The third-order valence-corrected chi connectivity index (χ3v) is 9.55. The number of ether oxygens (including phenoxy) is 2. The van der Waals surface area contributed by atoms with Crippen LogP contribution in [0.5, 0.6) is 5.75 Å². The zero-order valence-corrected chi connectivity index (χ0v) is 29.0. The first-order valence-corrected chi connectivity index (χ1v) is 17.0. The lowest BCUT2D eigenvalue weighted by Gasteiger charge is -2.25. The van der Waals surface area contributed by atoms with Crippen molar-refractivity contribution in [3.63, 3.8) is 0 Å². The minimum Gasteiger partial charge on any atom is -0.487 e. The topological polar surface area (TPSA) is 69.9 Å². The van der Waals surface area contributed by atoms with Crippen LogP contribution in [0.3, 0.4) is 0 Å². The summed E-state index contributed by atoms with van der Waals surface area (Å²) in [5, 5.41) is 0. The van der Waals surface area contributed by atoms with E-state index in [0.717, 1.165) is 18.3 Å². The number of esters is 1. The van der Waals surface area contributed by atoms with E-state index in [0.29, 0.717) is 37.5 Å². The molecule has 1 aliphatic rings. The Hall–Kier alpha value is -3.62. The van der Waals surface area contributed by atoms with Crippen molar-refractivity contribution in [3.05, 3.63) is 158 Å². The van der Waals surface area contributed by atoms with Gasteiger partial charge in [0.2, 0.25) is 0 Å². The van der Waals surface area contributed by atoms with E-state index in [1.54, 1.807) is 35.8 Å². The summed E-state index contributed by atoms with van der Waals surface area (Å²) < 4.78 is 29.8. The minimum atomic E-state index is -0.758. The molecule has 0 unspecified atom stereocenters. The summed E-state index contributed by atoms with van der Waals surface area (Å²) >= 11 is 5.65. The molecular weight excluding hydrogens is 817 g/mol. The highest BCUT2D eigenvalue weighted by atomic mass is 127. The van der Waals surface area contributed by atoms with E-state index >= 15 is 0 Å². The third-order valence-electron chi connectivity index (χ3n) is 7.14. The molecule has 2 heterocycles. The molecule has 6 nitrogen and oxygen atoms in total. The Morgan fingerprint density at radius 3 is 2.40 bits per heavy atom. The van der Waals surface area contributed by atoms with Gasteiger partial charge in [-0.3, -0.25) is 9.36 Å². The number of carbonyl (C=O) groups excluding carboxylic acids is 1. The monoisotopic (exact) mass is 842 g/mol. The lowest BCUT2D eigenvalue weighted by atomic mass is 9.93. The highest BCUT2D eigenvalue weighted by molar-refractivity contribution is 14.1. The predicted octanol–water partition coefficient (Wildman–Crippen LogP) is 6.86. The van der Waals surface area contributed by atoms with Crippen molar-refractivity contribution in [2.75, 3.05) is 6.61 Å². The molecule has 10 heteroatoms. The second-order valence-electron chi connectivity index (χ2n) is 10.0. The van der Waals surface area contributed by atoms with Crippen LogP contribution in [0.15, 0.2) is 112 Å². The number of hydrogen-bond donors (Lipinski definition) is 0. The molecule has 0 radical (unpaired) electrons. The summed E-state index contributed by atoms with van der Waals surface area (Å²) in [6, 6.07) is 28.5. The molecule has 45 heavy (non-hydrogen) atoms. The maximum absolute atomic E-state index is 14.4. The number of thiazole rings is 1. The zero-order chi connectivity index (χ0) is 31.5. The van der Waals surface area contributed by atoms with Gasteiger partial charge in [-0.05, 0) is 81.9 Å². The summed E-state index contributed by atoms with van der Waals surface area (Å²) in [5.74, 6) is -0.332. The van der Waals surface area contributed by atoms with Gasteiger partial charge in [-0.15, -0.1) is 0 Å². The van der Waals surface area contributed by atoms with E-state index in [2.05, 4.69) is 45.2 Å². The first-order chi connectivity index (χ1) is 21.9. The van der Waals surface area contributed by atoms with Gasteiger partial charge in [0.1, 0.15) is 18.2 Å². The zero-order valence-electron chi connectivity index (χ0n) is 23.9. The molecule has 0 N–H and O–H groups in total. The molecule has 1 aromatic heterocycles. The van der Waals surface area contributed by atoms with Crippen molar-refractivity contribution in [1.29, 1.82) is 0 Å². The fraction of sp³-hybridized carbons (Fsp3) is 0.114. The molecule has 0 fully saturated rings. The first kappa shape index (κ1) is 31.4. The molecule has 1 atom stereocenters. The van der Waals surface area contributed by atoms with Crippen LogP contribution in [0.4, 0.5) is 4.39 Å². The van der Waals surface area contributed by atoms with Crippen molar-refractivity contribution in [1.82, 2.24) is 4.57 Å². The lowest BCUT2D eigenvalue weighted by molar-refractivity contribution is -0.138. The number of fused-ring (bicyclic) bond motifs is 1. The molecule has 5 aromatic rings. The fourth-order valence-corrected chi connectivity index (χ4v) is 8.17. The summed E-state index contributed by atoms with van der Waals surface area (Å²) in [4.78, 5) is 33.3. The van der Waals surface area contributed by atoms with Crippen molar-refractivity contribution < 1.29 is 18.7 Å². The van der Waals surface area contributed by atoms with E-state index in [4.69, 9.17) is 14.5 Å². The van der Waals surface area contributed by atoms with Gasteiger partial charge in [-0.2, -0.15) is 0 Å². The minimum absolute atomic E-state index is 0.0305. The van der Waals surface area contributed by atoms with Crippen LogP contribution in [0.2, 0.25) is 0 Å². The summed E-state index contributed by atoms with van der Waals surface area (Å²) in [7, 11) is 0. The van der Waals surface area contributed by atoms with Crippen LogP contribution in [0.1, 0.15) is 35.2 Å². The Bertz CT molecular complexity index is 2110. The van der Waals surface area contributed by atoms with Gasteiger partial charge in [0.15, 0.2) is 4.80 Å². The van der Waals surface area contributed by atoms with Gasteiger partial charge >= 0.3 is 5.97 Å². The molecule has 0 saturated carbocycles. The molecular formula is C35H25FI2N2O4S. The van der Waals surface area contributed by atoms with Crippen LogP contribution >= 0.6 is 56.5 Å².